The number of benzene rings is 2. The number of rotatable bonds is 5. The third-order valence-electron chi connectivity index (χ3n) is 3.43. The summed E-state index contributed by atoms with van der Waals surface area (Å²) in [5.41, 5.74) is 0.870. The van der Waals surface area contributed by atoms with Crippen LogP contribution in [0.5, 0.6) is 0 Å². The number of hydrogen-bond acceptors (Lipinski definition) is 4. The molecule has 0 aliphatic rings. The summed E-state index contributed by atoms with van der Waals surface area (Å²) in [6.45, 7) is 0.439. The van der Waals surface area contributed by atoms with Gasteiger partial charge in [0.05, 0.1) is 5.69 Å². The Hall–Kier alpha value is -3.06. The lowest BCUT2D eigenvalue weighted by atomic mass is 10.2. The lowest BCUT2D eigenvalue weighted by molar-refractivity contribution is 0.102. The number of amides is 1. The van der Waals surface area contributed by atoms with Crippen LogP contribution in [0.25, 0.3) is 0 Å². The number of carbonyl (C=O) groups is 1. The maximum atomic E-state index is 13.6. The Morgan fingerprint density at radius 1 is 1.08 bits per heavy atom. The summed E-state index contributed by atoms with van der Waals surface area (Å²) in [7, 11) is 0. The van der Waals surface area contributed by atoms with Crippen molar-refractivity contribution in [3.05, 3.63) is 82.6 Å². The van der Waals surface area contributed by atoms with Crippen LogP contribution >= 0.6 is 11.6 Å². The summed E-state index contributed by atoms with van der Waals surface area (Å²) >= 11 is 5.83. The van der Waals surface area contributed by atoms with Gasteiger partial charge in [0, 0.05) is 23.8 Å². The first-order valence-electron chi connectivity index (χ1n) is 7.59. The van der Waals surface area contributed by atoms with Crippen molar-refractivity contribution in [1.82, 2.24) is 9.97 Å². The molecule has 0 unspecified atom stereocenters. The van der Waals surface area contributed by atoms with Crippen LogP contribution in [0, 0.1) is 11.6 Å². The molecule has 5 nitrogen and oxygen atoms in total. The fourth-order valence-electron chi connectivity index (χ4n) is 2.13. The summed E-state index contributed by atoms with van der Waals surface area (Å²) in [6.07, 6.45) is 1.41. The van der Waals surface area contributed by atoms with E-state index >= 15 is 0 Å². The Kier molecular flexibility index (Phi) is 5.38. The topological polar surface area (TPSA) is 66.9 Å². The van der Waals surface area contributed by atoms with Gasteiger partial charge in [-0.25, -0.2) is 18.7 Å². The van der Waals surface area contributed by atoms with E-state index < -0.39 is 17.5 Å². The van der Waals surface area contributed by atoms with Crippen LogP contribution in [-0.4, -0.2) is 15.9 Å². The van der Waals surface area contributed by atoms with Crippen LogP contribution in [0.15, 0.2) is 54.7 Å². The number of nitrogens with one attached hydrogen (secondary N) is 2. The predicted molar refractivity (Wildman–Crippen MR) is 95.1 cm³/mol. The summed E-state index contributed by atoms with van der Waals surface area (Å²) in [4.78, 5) is 20.3. The molecular formula is C18H13ClF2N4O. The fourth-order valence-corrected chi connectivity index (χ4v) is 2.26. The van der Waals surface area contributed by atoms with Crippen LogP contribution in [0.1, 0.15) is 16.1 Å². The fraction of sp³-hybridized carbons (Fsp3) is 0.0556. The zero-order chi connectivity index (χ0) is 18.5. The van der Waals surface area contributed by atoms with Gasteiger partial charge in [-0.05, 0) is 35.9 Å². The molecule has 1 amide bonds. The molecule has 0 aliphatic carbocycles. The zero-order valence-electron chi connectivity index (χ0n) is 13.3. The lowest BCUT2D eigenvalue weighted by Crippen LogP contribution is -2.16. The van der Waals surface area contributed by atoms with Crippen LogP contribution < -0.4 is 10.6 Å². The molecule has 0 bridgehead atoms. The van der Waals surface area contributed by atoms with Gasteiger partial charge >= 0.3 is 0 Å². The molecular weight excluding hydrogens is 362 g/mol. The van der Waals surface area contributed by atoms with Crippen molar-refractivity contribution in [2.24, 2.45) is 0 Å². The van der Waals surface area contributed by atoms with E-state index in [0.29, 0.717) is 17.6 Å². The minimum absolute atomic E-state index is 0.0438. The van der Waals surface area contributed by atoms with Gasteiger partial charge in [-0.3, -0.25) is 4.79 Å². The largest absolute Gasteiger partial charge is 0.350 e. The number of carbonyl (C=O) groups excluding carboxylic acids is 1. The van der Waals surface area contributed by atoms with E-state index in [4.69, 9.17) is 11.6 Å². The molecule has 26 heavy (non-hydrogen) atoms. The first-order chi connectivity index (χ1) is 12.5. The van der Waals surface area contributed by atoms with Gasteiger partial charge < -0.3 is 10.6 Å². The number of hydrogen-bond donors (Lipinski definition) is 2. The molecule has 0 fully saturated rings. The van der Waals surface area contributed by atoms with Crippen molar-refractivity contribution in [2.45, 2.75) is 6.54 Å². The van der Waals surface area contributed by atoms with E-state index in [9.17, 15) is 13.6 Å². The van der Waals surface area contributed by atoms with Crippen LogP contribution in [0.4, 0.5) is 20.4 Å². The average molecular weight is 375 g/mol. The van der Waals surface area contributed by atoms with Crippen molar-refractivity contribution in [2.75, 3.05) is 10.6 Å². The molecule has 3 rings (SSSR count). The molecule has 2 N–H and O–H groups in total. The molecule has 1 heterocycles. The molecule has 132 valence electrons. The minimum Gasteiger partial charge on any atom is -0.350 e. The second-order valence-corrected chi connectivity index (χ2v) is 5.76. The van der Waals surface area contributed by atoms with Crippen molar-refractivity contribution in [3.8, 4) is 0 Å². The van der Waals surface area contributed by atoms with Crippen molar-refractivity contribution in [3.63, 3.8) is 0 Å². The van der Waals surface area contributed by atoms with Crippen LogP contribution in [0.3, 0.4) is 0 Å². The van der Waals surface area contributed by atoms with E-state index in [1.54, 1.807) is 12.1 Å². The average Bonchev–Trinajstić information content (AvgIpc) is 2.64. The number of aromatic nitrogens is 2. The lowest BCUT2D eigenvalue weighted by Gasteiger charge is -2.08. The Labute approximate surface area is 153 Å². The Morgan fingerprint density at radius 2 is 1.85 bits per heavy atom. The summed E-state index contributed by atoms with van der Waals surface area (Å²) < 4.78 is 26.6. The van der Waals surface area contributed by atoms with Gasteiger partial charge in [-0.2, -0.15) is 0 Å². The molecule has 0 radical (unpaired) electrons. The molecule has 0 atom stereocenters. The van der Waals surface area contributed by atoms with Crippen molar-refractivity contribution >= 4 is 29.1 Å². The van der Waals surface area contributed by atoms with Gasteiger partial charge in [0.25, 0.3) is 5.91 Å². The highest BCUT2D eigenvalue weighted by Gasteiger charge is 2.12. The Bertz CT molecular complexity index is 935. The van der Waals surface area contributed by atoms with Crippen LogP contribution in [0.2, 0.25) is 5.02 Å². The highest BCUT2D eigenvalue weighted by atomic mass is 35.5. The maximum Gasteiger partial charge on any atom is 0.274 e. The van der Waals surface area contributed by atoms with Crippen molar-refractivity contribution in [1.29, 1.82) is 0 Å². The second kappa shape index (κ2) is 7.88. The first kappa shape index (κ1) is 17.8. The highest BCUT2D eigenvalue weighted by molar-refractivity contribution is 6.30. The predicted octanol–water partition coefficient (Wildman–Crippen LogP) is 4.27. The molecule has 0 aliphatic heterocycles. The molecule has 3 aromatic rings. The molecule has 8 heteroatoms. The summed E-state index contributed by atoms with van der Waals surface area (Å²) in [6, 6.07) is 11.5. The van der Waals surface area contributed by atoms with E-state index in [1.165, 1.54) is 12.3 Å². The maximum absolute atomic E-state index is 13.6. The highest BCUT2D eigenvalue weighted by Crippen LogP contribution is 2.16. The Balaban J connectivity index is 1.67. The van der Waals surface area contributed by atoms with Gasteiger partial charge in [-0.15, -0.1) is 0 Å². The van der Waals surface area contributed by atoms with Gasteiger partial charge in [0.15, 0.2) is 0 Å². The molecule has 0 spiro atoms. The number of nitrogens with zero attached hydrogens (tertiary/aromatic N) is 2. The Morgan fingerprint density at radius 3 is 2.58 bits per heavy atom. The second-order valence-electron chi connectivity index (χ2n) is 5.32. The summed E-state index contributed by atoms with van der Waals surface area (Å²) in [5.74, 6) is -1.98. The third kappa shape index (κ3) is 4.52. The normalized spacial score (nSPS) is 10.4. The monoisotopic (exact) mass is 374 g/mol. The summed E-state index contributed by atoms with van der Waals surface area (Å²) in [5, 5.41) is 5.97. The smallest absolute Gasteiger partial charge is 0.274 e. The zero-order valence-corrected chi connectivity index (χ0v) is 14.1. The third-order valence-corrected chi connectivity index (χ3v) is 3.68. The van der Waals surface area contributed by atoms with E-state index in [2.05, 4.69) is 20.6 Å². The standard InChI is InChI=1S/C18H13ClF2N4O/c19-12-3-1-11(2-4-12)10-23-18-22-8-7-16(25-18)17(26)24-15-6-5-13(20)9-14(15)21/h1-9H,10H2,(H,24,26)(H,22,23,25). The van der Waals surface area contributed by atoms with E-state index in [-0.39, 0.29) is 17.3 Å². The number of anilines is 2. The van der Waals surface area contributed by atoms with Gasteiger partial charge in [0.1, 0.15) is 17.3 Å². The molecule has 0 saturated carbocycles. The number of halogens is 3. The molecule has 1 aromatic heterocycles. The van der Waals surface area contributed by atoms with Gasteiger partial charge in [0.2, 0.25) is 5.95 Å². The molecule has 0 saturated heterocycles. The minimum atomic E-state index is -0.867. The molecule has 2 aromatic carbocycles. The SMILES string of the molecule is O=C(Nc1ccc(F)cc1F)c1ccnc(NCc2ccc(Cl)cc2)n1. The first-order valence-corrected chi connectivity index (χ1v) is 7.97. The van der Waals surface area contributed by atoms with Crippen LogP contribution in [-0.2, 0) is 6.54 Å². The van der Waals surface area contributed by atoms with E-state index in [1.807, 2.05) is 12.1 Å². The quantitative estimate of drug-likeness (QED) is 0.699. The van der Waals surface area contributed by atoms with E-state index in [0.717, 1.165) is 17.7 Å². The van der Waals surface area contributed by atoms with Crippen molar-refractivity contribution < 1.29 is 13.6 Å². The van der Waals surface area contributed by atoms with Gasteiger partial charge in [-0.1, -0.05) is 23.7 Å².